The molecule has 0 atom stereocenters. The van der Waals surface area contributed by atoms with Crippen molar-refractivity contribution in [2.75, 3.05) is 18.9 Å². The van der Waals surface area contributed by atoms with E-state index < -0.39 is 0 Å². The maximum absolute atomic E-state index is 12.0. The minimum absolute atomic E-state index is 0.00698. The fourth-order valence-electron chi connectivity index (χ4n) is 1.58. The van der Waals surface area contributed by atoms with E-state index in [2.05, 4.69) is 20.9 Å². The van der Waals surface area contributed by atoms with Gasteiger partial charge in [-0.1, -0.05) is 28.4 Å². The molecule has 0 radical (unpaired) electrons. The van der Waals surface area contributed by atoms with E-state index >= 15 is 0 Å². The first kappa shape index (κ1) is 14.2. The number of aryl methyl sites for hydroxylation is 1. The molecule has 0 saturated heterocycles. The van der Waals surface area contributed by atoms with Crippen molar-refractivity contribution in [1.29, 1.82) is 0 Å². The van der Waals surface area contributed by atoms with Crippen molar-refractivity contribution in [2.45, 2.75) is 26.2 Å². The molecule has 1 rings (SSSR count). The first-order chi connectivity index (χ1) is 8.15. The smallest absolute Gasteiger partial charge is 0.272 e. The third kappa shape index (κ3) is 4.86. The van der Waals surface area contributed by atoms with Crippen LogP contribution < -0.4 is 0 Å². The van der Waals surface area contributed by atoms with Gasteiger partial charge in [0.1, 0.15) is 5.69 Å². The fourth-order valence-corrected chi connectivity index (χ4v) is 1.98. The Kier molecular flexibility index (Phi) is 6.19. The van der Waals surface area contributed by atoms with E-state index in [1.807, 2.05) is 26.1 Å². The van der Waals surface area contributed by atoms with Gasteiger partial charge >= 0.3 is 0 Å². The molecule has 94 valence electrons. The number of amides is 1. The third-order valence-electron chi connectivity index (χ3n) is 2.58. The molecule has 1 aromatic heterocycles. The van der Waals surface area contributed by atoms with Gasteiger partial charge in [0.15, 0.2) is 0 Å². The van der Waals surface area contributed by atoms with Gasteiger partial charge in [-0.3, -0.25) is 4.79 Å². The molecule has 0 fully saturated rings. The summed E-state index contributed by atoms with van der Waals surface area (Å²) in [6.45, 7) is 2.69. The molecule has 1 heterocycles. The lowest BCUT2D eigenvalue weighted by molar-refractivity contribution is 0.0786. The summed E-state index contributed by atoms with van der Waals surface area (Å²) in [4.78, 5) is 18.0. The summed E-state index contributed by atoms with van der Waals surface area (Å²) in [5.41, 5.74) is 1.41. The van der Waals surface area contributed by atoms with Gasteiger partial charge in [-0.05, 0) is 31.9 Å². The highest BCUT2D eigenvalue weighted by Gasteiger charge is 2.12. The second-order valence-corrected chi connectivity index (χ2v) is 4.93. The van der Waals surface area contributed by atoms with Crippen molar-refractivity contribution in [2.24, 2.45) is 0 Å². The summed E-state index contributed by atoms with van der Waals surface area (Å²) >= 11 is 3.40. The molecule has 1 amide bonds. The highest BCUT2D eigenvalue weighted by atomic mass is 79.9. The zero-order valence-corrected chi connectivity index (χ0v) is 12.0. The first-order valence-electron chi connectivity index (χ1n) is 5.90. The van der Waals surface area contributed by atoms with Gasteiger partial charge < -0.3 is 4.90 Å². The summed E-state index contributed by atoms with van der Waals surface area (Å²) in [7, 11) is 1.83. The molecule has 0 aliphatic rings. The lowest BCUT2D eigenvalue weighted by atomic mass is 10.2. The number of carbonyl (C=O) groups excluding carboxylic acids is 1. The van der Waals surface area contributed by atoms with Crippen LogP contribution in [0.25, 0.3) is 0 Å². The van der Waals surface area contributed by atoms with Gasteiger partial charge in [0.25, 0.3) is 5.91 Å². The first-order valence-corrected chi connectivity index (χ1v) is 7.02. The molecule has 0 aromatic carbocycles. The van der Waals surface area contributed by atoms with Gasteiger partial charge in [-0.25, -0.2) is 4.98 Å². The summed E-state index contributed by atoms with van der Waals surface area (Å²) in [5.74, 6) is 0.00698. The normalized spacial score (nSPS) is 10.3. The molecule has 0 aliphatic heterocycles. The van der Waals surface area contributed by atoms with Crippen LogP contribution in [-0.2, 0) is 0 Å². The largest absolute Gasteiger partial charge is 0.340 e. The van der Waals surface area contributed by atoms with Gasteiger partial charge in [-0.15, -0.1) is 0 Å². The molecule has 0 spiro atoms. The van der Waals surface area contributed by atoms with Crippen LogP contribution in [0, 0.1) is 6.92 Å². The van der Waals surface area contributed by atoms with Crippen molar-refractivity contribution in [3.05, 3.63) is 29.6 Å². The summed E-state index contributed by atoms with van der Waals surface area (Å²) in [5, 5.41) is 1.03. The highest BCUT2D eigenvalue weighted by molar-refractivity contribution is 9.09. The van der Waals surface area contributed by atoms with Gasteiger partial charge in [0.2, 0.25) is 0 Å². The average molecular weight is 299 g/mol. The number of hydrogen-bond acceptors (Lipinski definition) is 2. The predicted molar refractivity (Wildman–Crippen MR) is 73.6 cm³/mol. The lowest BCUT2D eigenvalue weighted by Gasteiger charge is -2.16. The minimum Gasteiger partial charge on any atom is -0.340 e. The Morgan fingerprint density at radius 2 is 2.12 bits per heavy atom. The molecule has 3 nitrogen and oxygen atoms in total. The predicted octanol–water partition coefficient (Wildman–Crippen LogP) is 3.03. The quantitative estimate of drug-likeness (QED) is 0.597. The second kappa shape index (κ2) is 7.43. The second-order valence-electron chi connectivity index (χ2n) is 4.14. The van der Waals surface area contributed by atoms with Crippen LogP contribution in [0.5, 0.6) is 0 Å². The van der Waals surface area contributed by atoms with Crippen molar-refractivity contribution in [3.8, 4) is 0 Å². The summed E-state index contributed by atoms with van der Waals surface area (Å²) in [6.07, 6.45) is 3.34. The van der Waals surface area contributed by atoms with E-state index in [4.69, 9.17) is 0 Å². The number of pyridine rings is 1. The molecule has 17 heavy (non-hydrogen) atoms. The van der Waals surface area contributed by atoms with Crippen molar-refractivity contribution in [1.82, 2.24) is 9.88 Å². The van der Waals surface area contributed by atoms with E-state index in [1.54, 1.807) is 11.0 Å². The summed E-state index contributed by atoms with van der Waals surface area (Å²) in [6, 6.07) is 5.53. The molecule has 0 N–H and O–H groups in total. The lowest BCUT2D eigenvalue weighted by Crippen LogP contribution is -2.28. The van der Waals surface area contributed by atoms with Gasteiger partial charge in [0.05, 0.1) is 0 Å². The number of unbranched alkanes of at least 4 members (excludes halogenated alkanes) is 2. The number of carbonyl (C=O) groups is 1. The molecule has 4 heteroatoms. The Bertz CT molecular complexity index is 368. The highest BCUT2D eigenvalue weighted by Crippen LogP contribution is 2.05. The molecular formula is C13H19BrN2O. The number of hydrogen-bond donors (Lipinski definition) is 0. The van der Waals surface area contributed by atoms with E-state index in [0.29, 0.717) is 5.69 Å². The molecule has 0 saturated carbocycles. The average Bonchev–Trinajstić information content (AvgIpc) is 2.33. The van der Waals surface area contributed by atoms with E-state index in [-0.39, 0.29) is 5.91 Å². The number of aromatic nitrogens is 1. The Hall–Kier alpha value is -0.900. The van der Waals surface area contributed by atoms with Crippen molar-refractivity contribution < 1.29 is 4.79 Å². The number of halogens is 1. The van der Waals surface area contributed by atoms with E-state index in [0.717, 1.165) is 36.8 Å². The SMILES string of the molecule is Cc1cccc(C(=O)N(C)CCCCCBr)n1. The maximum Gasteiger partial charge on any atom is 0.272 e. The Morgan fingerprint density at radius 3 is 2.76 bits per heavy atom. The monoisotopic (exact) mass is 298 g/mol. The van der Waals surface area contributed by atoms with Gasteiger partial charge in [-0.2, -0.15) is 0 Å². The maximum atomic E-state index is 12.0. The summed E-state index contributed by atoms with van der Waals surface area (Å²) < 4.78 is 0. The van der Waals surface area contributed by atoms with Crippen LogP contribution in [-0.4, -0.2) is 34.7 Å². The van der Waals surface area contributed by atoms with Crippen LogP contribution in [0.2, 0.25) is 0 Å². The van der Waals surface area contributed by atoms with E-state index in [1.165, 1.54) is 0 Å². The van der Waals surface area contributed by atoms with Crippen LogP contribution in [0.3, 0.4) is 0 Å². The minimum atomic E-state index is 0.00698. The van der Waals surface area contributed by atoms with Gasteiger partial charge in [0, 0.05) is 24.6 Å². The number of rotatable bonds is 6. The zero-order chi connectivity index (χ0) is 12.7. The molecule has 1 aromatic rings. The van der Waals surface area contributed by atoms with Crippen LogP contribution in [0.1, 0.15) is 35.4 Å². The molecular weight excluding hydrogens is 280 g/mol. The Morgan fingerprint density at radius 1 is 1.35 bits per heavy atom. The molecule has 0 aliphatic carbocycles. The van der Waals surface area contributed by atoms with E-state index in [9.17, 15) is 4.79 Å². The third-order valence-corrected chi connectivity index (χ3v) is 3.14. The van der Waals surface area contributed by atoms with Crippen LogP contribution >= 0.6 is 15.9 Å². The number of nitrogens with zero attached hydrogens (tertiary/aromatic N) is 2. The van der Waals surface area contributed by atoms with Crippen LogP contribution in [0.15, 0.2) is 18.2 Å². The standard InChI is InChI=1S/C13H19BrN2O/c1-11-7-6-8-12(15-11)13(17)16(2)10-5-3-4-9-14/h6-8H,3-5,9-10H2,1-2H3. The van der Waals surface area contributed by atoms with Crippen molar-refractivity contribution >= 4 is 21.8 Å². The fraction of sp³-hybridized carbons (Fsp3) is 0.538. The topological polar surface area (TPSA) is 33.2 Å². The Labute approximate surface area is 111 Å². The Balaban J connectivity index is 2.46. The zero-order valence-electron chi connectivity index (χ0n) is 10.4. The van der Waals surface area contributed by atoms with Crippen LogP contribution in [0.4, 0.5) is 0 Å². The number of alkyl halides is 1. The molecule has 0 unspecified atom stereocenters. The molecule has 0 bridgehead atoms. The van der Waals surface area contributed by atoms with Crippen molar-refractivity contribution in [3.63, 3.8) is 0 Å².